The first kappa shape index (κ1) is 23.8. The summed E-state index contributed by atoms with van der Waals surface area (Å²) in [6, 6.07) is 0. The molecule has 0 aromatic carbocycles. The maximum atomic E-state index is 12.8. The van der Waals surface area contributed by atoms with E-state index in [1.807, 2.05) is 11.8 Å². The molecule has 8 atom stereocenters. The van der Waals surface area contributed by atoms with Gasteiger partial charge in [-0.2, -0.15) is 0 Å². The summed E-state index contributed by atoms with van der Waals surface area (Å²) in [5.74, 6) is 1.50. The zero-order valence-electron chi connectivity index (χ0n) is 22.1. The minimum absolute atomic E-state index is 0.0492. The van der Waals surface area contributed by atoms with E-state index >= 15 is 0 Å². The predicted octanol–water partition coefficient (Wildman–Crippen LogP) is 6.30. The molecule has 0 aromatic rings. The smallest absolute Gasteiger partial charge is 0.319 e. The number of carbonyl (C=O) groups is 2. The highest BCUT2D eigenvalue weighted by Crippen LogP contribution is 2.91. The van der Waals surface area contributed by atoms with Gasteiger partial charge >= 0.3 is 5.97 Å². The molecule has 1 saturated heterocycles. The molecule has 5 fully saturated rings. The van der Waals surface area contributed by atoms with Crippen LogP contribution in [-0.4, -0.2) is 43.3 Å². The van der Waals surface area contributed by atoms with Crippen molar-refractivity contribution < 1.29 is 18.8 Å². The molecule has 0 radical (unpaired) electrons. The third kappa shape index (κ3) is 2.52. The van der Waals surface area contributed by atoms with Crippen LogP contribution in [0.15, 0.2) is 11.6 Å². The second kappa shape index (κ2) is 6.83. The molecule has 4 nitrogen and oxygen atoms in total. The maximum Gasteiger partial charge on any atom is 0.319 e. The van der Waals surface area contributed by atoms with E-state index < -0.39 is 8.32 Å². The number of fused-ring (bicyclic) bond motifs is 3. The van der Waals surface area contributed by atoms with Gasteiger partial charge in [-0.15, -0.1) is 11.8 Å². The molecule has 1 aliphatic heterocycles. The fourth-order valence-corrected chi connectivity index (χ4v) is 13.3. The molecule has 4 saturated carbocycles. The molecule has 1 heterocycles. The lowest BCUT2D eigenvalue weighted by Gasteiger charge is -2.86. The highest BCUT2D eigenvalue weighted by molar-refractivity contribution is 8.03. The second-order valence-corrected chi connectivity index (χ2v) is 20.4. The van der Waals surface area contributed by atoms with Crippen LogP contribution in [0.4, 0.5) is 0 Å². The summed E-state index contributed by atoms with van der Waals surface area (Å²) in [4.78, 5) is 25.6. The van der Waals surface area contributed by atoms with E-state index in [4.69, 9.17) is 9.16 Å². The van der Waals surface area contributed by atoms with Crippen molar-refractivity contribution in [2.75, 3.05) is 7.11 Å². The van der Waals surface area contributed by atoms with Crippen molar-refractivity contribution in [3.63, 3.8) is 0 Å². The molecule has 188 valence electrons. The normalized spacial score (nSPS) is 48.9. The number of ketones is 1. The van der Waals surface area contributed by atoms with E-state index in [1.165, 1.54) is 26.4 Å². The van der Waals surface area contributed by atoms with Gasteiger partial charge in [-0.1, -0.05) is 39.3 Å². The van der Waals surface area contributed by atoms with E-state index in [0.29, 0.717) is 36.6 Å². The molecule has 0 N–H and O–H groups in total. The number of hydrogen-bond donors (Lipinski definition) is 0. The average Bonchev–Trinajstić information content (AvgIpc) is 3.08. The van der Waals surface area contributed by atoms with E-state index in [2.05, 4.69) is 46.9 Å². The fourth-order valence-electron chi connectivity index (χ4n) is 9.44. The zero-order chi connectivity index (χ0) is 24.5. The lowest BCUT2D eigenvalue weighted by atomic mass is 9.28. The third-order valence-corrected chi connectivity index (χ3v) is 18.5. The molecule has 2 bridgehead atoms. The van der Waals surface area contributed by atoms with E-state index in [1.54, 1.807) is 5.57 Å². The standard InChI is InChI=1S/C28H42O4SSi/c1-24(2,3)34(6,7)32-21-9-8-19-18-15-27-16-26(20(18)11-12-25(19,21)4)13-10-17(29)14-28(26,27)22(33-27)23(30)31-5/h11,18-19,21-22H,8-10,12-16H2,1-7H3/t18?,19?,21-,22?,25-,26-,27?,28-/m0/s1. The lowest BCUT2D eigenvalue weighted by molar-refractivity contribution is -0.203. The Morgan fingerprint density at radius 2 is 1.97 bits per heavy atom. The van der Waals surface area contributed by atoms with Gasteiger partial charge in [0.25, 0.3) is 0 Å². The zero-order valence-corrected chi connectivity index (χ0v) is 23.9. The highest BCUT2D eigenvalue weighted by atomic mass is 32.2. The van der Waals surface area contributed by atoms with Crippen LogP contribution in [0, 0.1) is 28.1 Å². The Balaban J connectivity index is 1.36. The van der Waals surface area contributed by atoms with Crippen LogP contribution in [0.25, 0.3) is 0 Å². The van der Waals surface area contributed by atoms with Gasteiger partial charge in [-0.25, -0.2) is 0 Å². The summed E-state index contributed by atoms with van der Waals surface area (Å²) in [6.07, 6.45) is 11.0. The van der Waals surface area contributed by atoms with Crippen molar-refractivity contribution in [1.29, 1.82) is 0 Å². The van der Waals surface area contributed by atoms with Gasteiger partial charge < -0.3 is 9.16 Å². The number of carbonyl (C=O) groups excluding carboxylic acids is 2. The number of thioether (sulfide) groups is 1. The summed E-state index contributed by atoms with van der Waals surface area (Å²) in [7, 11) is -0.328. The number of methoxy groups -OCH3 is 1. The largest absolute Gasteiger partial charge is 0.468 e. The van der Waals surface area contributed by atoms with Crippen LogP contribution in [-0.2, 0) is 18.8 Å². The highest BCUT2D eigenvalue weighted by Gasteiger charge is 2.89. The van der Waals surface area contributed by atoms with Crippen molar-refractivity contribution in [3.8, 4) is 0 Å². The van der Waals surface area contributed by atoms with Gasteiger partial charge in [-0.05, 0) is 73.9 Å². The van der Waals surface area contributed by atoms with Crippen LogP contribution >= 0.6 is 11.8 Å². The lowest BCUT2D eigenvalue weighted by Crippen LogP contribution is -2.86. The first-order valence-electron chi connectivity index (χ1n) is 13.4. The number of ether oxygens (including phenoxy) is 1. The molecule has 6 aliphatic rings. The first-order chi connectivity index (χ1) is 15.8. The predicted molar refractivity (Wildman–Crippen MR) is 138 cm³/mol. The monoisotopic (exact) mass is 502 g/mol. The van der Waals surface area contributed by atoms with Gasteiger partial charge in [0.1, 0.15) is 11.0 Å². The second-order valence-electron chi connectivity index (χ2n) is 14.2. The first-order valence-corrected chi connectivity index (χ1v) is 17.2. The van der Waals surface area contributed by atoms with Crippen molar-refractivity contribution in [1.82, 2.24) is 0 Å². The molecule has 6 heteroatoms. The SMILES string of the molecule is COC(=O)C1SC23CC4C(=CC[C@@]5(C)C4CC[C@@H]5O[Si](C)(C)C(C)(C)C)[C@]4(CCC(=O)C[C@@]124)C3. The van der Waals surface area contributed by atoms with E-state index in [0.717, 1.165) is 19.3 Å². The summed E-state index contributed by atoms with van der Waals surface area (Å²) < 4.78 is 12.4. The maximum absolute atomic E-state index is 12.8. The molecular weight excluding hydrogens is 460 g/mol. The molecule has 4 unspecified atom stereocenters. The third-order valence-electron chi connectivity index (χ3n) is 12.1. The van der Waals surface area contributed by atoms with Gasteiger partial charge in [0.15, 0.2) is 8.32 Å². The van der Waals surface area contributed by atoms with E-state index in [9.17, 15) is 9.59 Å². The molecular formula is C28H42O4SSi. The molecule has 6 rings (SSSR count). The van der Waals surface area contributed by atoms with Gasteiger partial charge in [0, 0.05) is 28.4 Å². The topological polar surface area (TPSA) is 52.6 Å². The quantitative estimate of drug-likeness (QED) is 0.257. The summed E-state index contributed by atoms with van der Waals surface area (Å²) >= 11 is 1.86. The Bertz CT molecular complexity index is 999. The van der Waals surface area contributed by atoms with Gasteiger partial charge in [0.2, 0.25) is 0 Å². The molecule has 1 spiro atoms. The van der Waals surface area contributed by atoms with Gasteiger partial charge in [-0.3, -0.25) is 9.59 Å². The Hall–Kier alpha value is -0.593. The fraction of sp³-hybridized carbons (Fsp3) is 0.857. The van der Waals surface area contributed by atoms with Crippen molar-refractivity contribution >= 4 is 31.8 Å². The average molecular weight is 503 g/mol. The summed E-state index contributed by atoms with van der Waals surface area (Å²) in [5, 5.41) is 0.0604. The Labute approximate surface area is 210 Å². The number of Topliss-reactive ketones (excluding diaryl/α,β-unsaturated/α-hetero) is 1. The van der Waals surface area contributed by atoms with Crippen LogP contribution in [0.1, 0.15) is 79.1 Å². The van der Waals surface area contributed by atoms with E-state index in [-0.39, 0.29) is 37.2 Å². The van der Waals surface area contributed by atoms with Crippen LogP contribution in [0.2, 0.25) is 18.1 Å². The Morgan fingerprint density at radius 1 is 1.24 bits per heavy atom. The van der Waals surface area contributed by atoms with Crippen LogP contribution in [0.5, 0.6) is 0 Å². The molecule has 0 aromatic heterocycles. The van der Waals surface area contributed by atoms with Crippen LogP contribution in [0.3, 0.4) is 0 Å². The number of rotatable bonds is 3. The van der Waals surface area contributed by atoms with Crippen LogP contribution < -0.4 is 0 Å². The minimum atomic E-state index is -1.83. The van der Waals surface area contributed by atoms with Crippen molar-refractivity contribution in [2.45, 2.75) is 113 Å². The molecule has 34 heavy (non-hydrogen) atoms. The Morgan fingerprint density at radius 3 is 2.65 bits per heavy atom. The number of allylic oxidation sites excluding steroid dienone is 2. The minimum Gasteiger partial charge on any atom is -0.468 e. The summed E-state index contributed by atoms with van der Waals surface area (Å²) in [6.45, 7) is 14.3. The number of esters is 1. The molecule has 0 amide bonds. The Kier molecular flexibility index (Phi) is 4.78. The molecule has 5 aliphatic carbocycles. The summed E-state index contributed by atoms with van der Waals surface area (Å²) in [5.41, 5.74) is 1.70. The van der Waals surface area contributed by atoms with Crippen molar-refractivity contribution in [3.05, 3.63) is 11.6 Å². The number of hydrogen-bond acceptors (Lipinski definition) is 5. The van der Waals surface area contributed by atoms with Crippen molar-refractivity contribution in [2.24, 2.45) is 28.1 Å². The van der Waals surface area contributed by atoms with Gasteiger partial charge in [0.05, 0.1) is 13.2 Å².